The maximum atomic E-state index is 12.0. The van der Waals surface area contributed by atoms with Gasteiger partial charge in [0.2, 0.25) is 0 Å². The average Bonchev–Trinajstić information content (AvgIpc) is 2.41. The summed E-state index contributed by atoms with van der Waals surface area (Å²) in [6.07, 6.45) is 1.41. The summed E-state index contributed by atoms with van der Waals surface area (Å²) in [6, 6.07) is 9.01. The molecule has 1 aromatic heterocycles. The number of nitrogens with two attached hydrogens (primary N) is 1. The molecule has 1 aromatic carbocycles. The van der Waals surface area contributed by atoms with Gasteiger partial charge in [0, 0.05) is 11.9 Å². The molecule has 4 N–H and O–H groups in total. The van der Waals surface area contributed by atoms with Crippen LogP contribution in [0.3, 0.4) is 0 Å². The van der Waals surface area contributed by atoms with Gasteiger partial charge in [-0.3, -0.25) is 4.79 Å². The van der Waals surface area contributed by atoms with Crippen LogP contribution < -0.4 is 16.6 Å². The third kappa shape index (κ3) is 3.21. The lowest BCUT2D eigenvalue weighted by molar-refractivity contribution is 0.102. The minimum Gasteiger partial charge on any atom is -0.322 e. The molecule has 98 valence electrons. The van der Waals surface area contributed by atoms with Crippen LogP contribution in [0.1, 0.15) is 15.9 Å². The lowest BCUT2D eigenvalue weighted by atomic mass is 10.2. The van der Waals surface area contributed by atoms with E-state index in [1.54, 1.807) is 0 Å². The van der Waals surface area contributed by atoms with Crippen molar-refractivity contribution >= 4 is 29.0 Å². The maximum Gasteiger partial charge on any atom is 0.257 e. The second kappa shape index (κ2) is 5.69. The van der Waals surface area contributed by atoms with Gasteiger partial charge >= 0.3 is 0 Å². The molecule has 0 aliphatic heterocycles. The molecule has 0 spiro atoms. The van der Waals surface area contributed by atoms with E-state index < -0.39 is 0 Å². The monoisotopic (exact) mass is 276 g/mol. The predicted octanol–water partition coefficient (Wildman–Crippen LogP) is 2.58. The van der Waals surface area contributed by atoms with Gasteiger partial charge in [0.1, 0.15) is 0 Å². The van der Waals surface area contributed by atoms with Crippen molar-refractivity contribution in [3.63, 3.8) is 0 Å². The number of hydrazine groups is 1. The molecular weight excluding hydrogens is 264 g/mol. The van der Waals surface area contributed by atoms with Gasteiger partial charge in [0.25, 0.3) is 5.91 Å². The normalized spacial score (nSPS) is 10.1. The summed E-state index contributed by atoms with van der Waals surface area (Å²) in [6.45, 7) is 1.98. The van der Waals surface area contributed by atoms with E-state index in [0.717, 1.165) is 5.56 Å². The molecule has 0 atom stereocenters. The Kier molecular flexibility index (Phi) is 3.99. The van der Waals surface area contributed by atoms with Gasteiger partial charge in [-0.25, -0.2) is 10.8 Å². The first kappa shape index (κ1) is 13.3. The van der Waals surface area contributed by atoms with Gasteiger partial charge in [-0.1, -0.05) is 29.3 Å². The zero-order valence-corrected chi connectivity index (χ0v) is 11.0. The number of hydrogen-bond acceptors (Lipinski definition) is 4. The van der Waals surface area contributed by atoms with Crippen LogP contribution in [0.25, 0.3) is 0 Å². The van der Waals surface area contributed by atoms with E-state index in [9.17, 15) is 4.79 Å². The molecule has 6 heteroatoms. The van der Waals surface area contributed by atoms with Crippen molar-refractivity contribution in [2.24, 2.45) is 5.84 Å². The van der Waals surface area contributed by atoms with Crippen LogP contribution in [0.15, 0.2) is 36.5 Å². The average molecular weight is 277 g/mol. The van der Waals surface area contributed by atoms with E-state index in [-0.39, 0.29) is 5.91 Å². The van der Waals surface area contributed by atoms with Crippen molar-refractivity contribution in [3.05, 3.63) is 52.7 Å². The van der Waals surface area contributed by atoms with Crippen molar-refractivity contribution in [2.75, 3.05) is 10.7 Å². The van der Waals surface area contributed by atoms with Crippen LogP contribution in [-0.4, -0.2) is 10.9 Å². The summed E-state index contributed by atoms with van der Waals surface area (Å²) < 4.78 is 0. The van der Waals surface area contributed by atoms with Crippen LogP contribution in [0, 0.1) is 6.92 Å². The molecule has 0 unspecified atom stereocenters. The highest BCUT2D eigenvalue weighted by Gasteiger charge is 2.09. The molecule has 19 heavy (non-hydrogen) atoms. The minimum atomic E-state index is -0.276. The second-order valence-electron chi connectivity index (χ2n) is 4.02. The molecule has 0 radical (unpaired) electrons. The fraction of sp³-hybridized carbons (Fsp3) is 0.0769. The third-order valence-corrected chi connectivity index (χ3v) is 2.84. The van der Waals surface area contributed by atoms with Crippen molar-refractivity contribution in [1.29, 1.82) is 0 Å². The summed E-state index contributed by atoms with van der Waals surface area (Å²) in [7, 11) is 0. The highest BCUT2D eigenvalue weighted by molar-refractivity contribution is 6.33. The Morgan fingerprint density at radius 2 is 2.00 bits per heavy atom. The summed E-state index contributed by atoms with van der Waals surface area (Å²) in [5.74, 6) is 5.27. The van der Waals surface area contributed by atoms with E-state index in [2.05, 4.69) is 15.7 Å². The highest BCUT2D eigenvalue weighted by atomic mass is 35.5. The van der Waals surface area contributed by atoms with E-state index in [0.29, 0.717) is 22.1 Å². The molecule has 0 aliphatic rings. The Morgan fingerprint density at radius 1 is 1.32 bits per heavy atom. The largest absolute Gasteiger partial charge is 0.322 e. The van der Waals surface area contributed by atoms with E-state index in [1.807, 2.05) is 31.2 Å². The number of carbonyl (C=O) groups excluding carboxylic acids is 1. The first-order chi connectivity index (χ1) is 9.10. The number of nitrogens with zero attached hydrogens (tertiary/aromatic N) is 1. The number of aryl methyl sites for hydroxylation is 1. The molecule has 2 rings (SSSR count). The fourth-order valence-corrected chi connectivity index (χ4v) is 1.73. The second-order valence-corrected chi connectivity index (χ2v) is 4.43. The van der Waals surface area contributed by atoms with Gasteiger partial charge in [0.15, 0.2) is 5.82 Å². The Hall–Kier alpha value is -2.11. The number of amides is 1. The SMILES string of the molecule is Cc1ccc(NC(=O)c2cnc(NN)c(Cl)c2)cc1. The molecule has 5 nitrogen and oxygen atoms in total. The molecule has 0 aliphatic carbocycles. The Bertz CT molecular complexity index is 598. The standard InChI is InChI=1S/C13H13ClN4O/c1-8-2-4-10(5-3-8)17-13(19)9-6-11(14)12(18-15)16-7-9/h2-7H,15H2,1H3,(H,16,18)(H,17,19). The van der Waals surface area contributed by atoms with E-state index in [1.165, 1.54) is 12.3 Å². The first-order valence-electron chi connectivity index (χ1n) is 5.60. The summed E-state index contributed by atoms with van der Waals surface area (Å²) >= 11 is 5.91. The van der Waals surface area contributed by atoms with Crippen LogP contribution in [0.2, 0.25) is 5.02 Å². The number of rotatable bonds is 3. The van der Waals surface area contributed by atoms with Crippen molar-refractivity contribution < 1.29 is 4.79 Å². The zero-order valence-electron chi connectivity index (χ0n) is 10.3. The summed E-state index contributed by atoms with van der Waals surface area (Å²) in [5, 5.41) is 3.05. The maximum absolute atomic E-state index is 12.0. The van der Waals surface area contributed by atoms with Crippen LogP contribution in [0.4, 0.5) is 11.5 Å². The molecule has 0 saturated heterocycles. The van der Waals surface area contributed by atoms with E-state index >= 15 is 0 Å². The van der Waals surface area contributed by atoms with Crippen LogP contribution >= 0.6 is 11.6 Å². The van der Waals surface area contributed by atoms with Gasteiger partial charge in [0.05, 0.1) is 10.6 Å². The fourth-order valence-electron chi connectivity index (χ4n) is 1.51. The number of aromatic nitrogens is 1. The molecular formula is C13H13ClN4O. The van der Waals surface area contributed by atoms with Crippen molar-refractivity contribution in [3.8, 4) is 0 Å². The van der Waals surface area contributed by atoms with Gasteiger partial charge in [-0.2, -0.15) is 0 Å². The lowest BCUT2D eigenvalue weighted by Crippen LogP contribution is -2.14. The van der Waals surface area contributed by atoms with Gasteiger partial charge < -0.3 is 10.7 Å². The Morgan fingerprint density at radius 3 is 2.58 bits per heavy atom. The summed E-state index contributed by atoms with van der Waals surface area (Å²) in [4.78, 5) is 15.9. The molecule has 0 bridgehead atoms. The number of benzene rings is 1. The van der Waals surface area contributed by atoms with Crippen molar-refractivity contribution in [2.45, 2.75) is 6.92 Å². The van der Waals surface area contributed by atoms with Crippen molar-refractivity contribution in [1.82, 2.24) is 4.98 Å². The number of nitrogen functional groups attached to an aromatic ring is 1. The molecule has 0 saturated carbocycles. The quantitative estimate of drug-likeness (QED) is 0.595. The minimum absolute atomic E-state index is 0.276. The molecule has 0 fully saturated rings. The topological polar surface area (TPSA) is 80.0 Å². The Labute approximate surface area is 115 Å². The number of anilines is 2. The number of nitrogens with one attached hydrogen (secondary N) is 2. The first-order valence-corrected chi connectivity index (χ1v) is 5.98. The highest BCUT2D eigenvalue weighted by Crippen LogP contribution is 2.19. The van der Waals surface area contributed by atoms with Crippen LogP contribution in [-0.2, 0) is 0 Å². The molecule has 1 amide bonds. The smallest absolute Gasteiger partial charge is 0.257 e. The summed E-state index contributed by atoms with van der Waals surface area (Å²) in [5.41, 5.74) is 4.55. The molecule has 1 heterocycles. The number of carbonyl (C=O) groups is 1. The lowest BCUT2D eigenvalue weighted by Gasteiger charge is -2.07. The van der Waals surface area contributed by atoms with Gasteiger partial charge in [-0.15, -0.1) is 0 Å². The van der Waals surface area contributed by atoms with Gasteiger partial charge in [-0.05, 0) is 25.1 Å². The molecule has 2 aromatic rings. The number of hydrogen-bond donors (Lipinski definition) is 3. The van der Waals surface area contributed by atoms with E-state index in [4.69, 9.17) is 17.4 Å². The third-order valence-electron chi connectivity index (χ3n) is 2.55. The number of pyridine rings is 1. The number of halogens is 1. The predicted molar refractivity (Wildman–Crippen MR) is 76.2 cm³/mol. The van der Waals surface area contributed by atoms with Crippen LogP contribution in [0.5, 0.6) is 0 Å². The Balaban J connectivity index is 2.16. The zero-order chi connectivity index (χ0) is 13.8.